The zero-order chi connectivity index (χ0) is 25.6. The van der Waals surface area contributed by atoms with Gasteiger partial charge >= 0.3 is 0 Å². The molecule has 11 heteroatoms. The van der Waals surface area contributed by atoms with Crippen LogP contribution < -0.4 is 15.0 Å². The Kier molecular flexibility index (Phi) is 6.51. The van der Waals surface area contributed by atoms with Crippen molar-refractivity contribution in [2.75, 3.05) is 43.1 Å². The van der Waals surface area contributed by atoms with Crippen LogP contribution in [0.2, 0.25) is 0 Å². The molecule has 1 amide bonds. The lowest BCUT2D eigenvalue weighted by atomic mass is 10.1. The van der Waals surface area contributed by atoms with E-state index in [1.54, 1.807) is 12.5 Å². The molecule has 11 nitrogen and oxygen atoms in total. The second-order valence-corrected chi connectivity index (χ2v) is 10.00. The maximum atomic E-state index is 13.5. The Morgan fingerprint density at radius 3 is 2.77 bits per heavy atom. The lowest BCUT2D eigenvalue weighted by molar-refractivity contribution is 0.102. The maximum absolute atomic E-state index is 13.5. The fourth-order valence-corrected chi connectivity index (χ4v) is 5.07. The third-order valence-corrected chi connectivity index (χ3v) is 7.34. The van der Waals surface area contributed by atoms with Crippen LogP contribution in [0.15, 0.2) is 49.3 Å². The molecule has 4 aromatic rings. The van der Waals surface area contributed by atoms with Crippen LogP contribution in [-0.2, 0) is 4.74 Å². The SMILES string of the molecule is C.C[C@@H]1COc2c(NC(=O)c3cc(-n4cnc(C5CC5)c4)c(N4CCOCC4)cn3)cccc2-c2nncn21. The number of nitrogens with one attached hydrogen (secondary N) is 1. The minimum atomic E-state index is -0.321. The number of anilines is 2. The number of pyridine rings is 1. The molecule has 1 aromatic carbocycles. The average Bonchev–Trinajstić information content (AvgIpc) is 3.51. The third kappa shape index (κ3) is 4.63. The number of imidazole rings is 1. The van der Waals surface area contributed by atoms with Gasteiger partial charge in [0.05, 0.1) is 60.1 Å². The number of fused-ring (bicyclic) bond motifs is 3. The van der Waals surface area contributed by atoms with Crippen molar-refractivity contribution in [1.82, 2.24) is 29.3 Å². The van der Waals surface area contributed by atoms with Crippen LogP contribution in [0.4, 0.5) is 11.4 Å². The normalized spacial score (nSPS) is 18.3. The van der Waals surface area contributed by atoms with Gasteiger partial charge in [0.1, 0.15) is 18.6 Å². The number of nitrogens with zero attached hydrogens (tertiary/aromatic N) is 7. The van der Waals surface area contributed by atoms with Gasteiger partial charge in [0.25, 0.3) is 5.91 Å². The number of para-hydroxylation sites is 1. The second kappa shape index (κ2) is 10.1. The maximum Gasteiger partial charge on any atom is 0.274 e. The third-order valence-electron chi connectivity index (χ3n) is 7.34. The average molecular weight is 529 g/mol. The number of carbonyl (C=O) groups excluding carboxylic acids is 1. The van der Waals surface area contributed by atoms with Gasteiger partial charge in [0, 0.05) is 25.2 Å². The van der Waals surface area contributed by atoms with Crippen LogP contribution in [0.1, 0.15) is 55.3 Å². The van der Waals surface area contributed by atoms with E-state index in [0.29, 0.717) is 48.7 Å². The van der Waals surface area contributed by atoms with E-state index in [4.69, 9.17) is 9.47 Å². The van der Waals surface area contributed by atoms with Gasteiger partial charge in [-0.2, -0.15) is 0 Å². The standard InChI is InChI=1S/C27H28N8O3.CH4/c1-17-14-38-25-19(26-32-30-16-35(17)26)3-2-4-20(25)31-27(36)21-11-23(34-13-22(29-15-34)18-5-6-18)24(12-28-21)33-7-9-37-10-8-33;/h2-4,11-13,15-18H,5-10,14H2,1H3,(H,31,36);1H4/t17-;/m1./s1. The van der Waals surface area contributed by atoms with Crippen LogP contribution >= 0.6 is 0 Å². The van der Waals surface area contributed by atoms with Gasteiger partial charge in [-0.1, -0.05) is 13.5 Å². The number of carbonyl (C=O) groups is 1. The van der Waals surface area contributed by atoms with E-state index in [9.17, 15) is 4.79 Å². The van der Waals surface area contributed by atoms with Gasteiger partial charge in [-0.05, 0) is 38.0 Å². The first-order valence-corrected chi connectivity index (χ1v) is 13.0. The minimum Gasteiger partial charge on any atom is -0.488 e. The molecule has 39 heavy (non-hydrogen) atoms. The molecule has 202 valence electrons. The molecule has 7 rings (SSSR count). The zero-order valence-corrected chi connectivity index (χ0v) is 21.1. The van der Waals surface area contributed by atoms with Gasteiger partial charge < -0.3 is 28.8 Å². The predicted molar refractivity (Wildman–Crippen MR) is 147 cm³/mol. The molecule has 0 bridgehead atoms. The summed E-state index contributed by atoms with van der Waals surface area (Å²) in [5.41, 5.74) is 4.57. The highest BCUT2D eigenvalue weighted by atomic mass is 16.5. The van der Waals surface area contributed by atoms with Gasteiger partial charge in [-0.25, -0.2) is 9.97 Å². The van der Waals surface area contributed by atoms with Crippen molar-refractivity contribution in [1.29, 1.82) is 0 Å². The van der Waals surface area contributed by atoms with E-state index in [-0.39, 0.29) is 19.4 Å². The van der Waals surface area contributed by atoms with Crippen LogP contribution in [-0.4, -0.2) is 68.1 Å². The van der Waals surface area contributed by atoms with E-state index in [2.05, 4.69) is 36.6 Å². The number of rotatable bonds is 5. The highest BCUT2D eigenvalue weighted by molar-refractivity contribution is 6.05. The molecule has 3 aliphatic rings. The topological polar surface area (TPSA) is 112 Å². The molecule has 0 spiro atoms. The second-order valence-electron chi connectivity index (χ2n) is 10.00. The van der Waals surface area contributed by atoms with E-state index in [0.717, 1.165) is 35.7 Å². The molecular weight excluding hydrogens is 496 g/mol. The quantitative estimate of drug-likeness (QED) is 0.412. The summed E-state index contributed by atoms with van der Waals surface area (Å²) in [6.07, 6.45) is 9.73. The Morgan fingerprint density at radius 2 is 1.95 bits per heavy atom. The summed E-state index contributed by atoms with van der Waals surface area (Å²) in [5.74, 6) is 1.50. The Hall–Kier alpha value is -4.25. The van der Waals surface area contributed by atoms with E-state index >= 15 is 0 Å². The molecule has 2 fully saturated rings. The first-order chi connectivity index (χ1) is 18.7. The molecule has 2 aliphatic heterocycles. The highest BCUT2D eigenvalue weighted by Crippen LogP contribution is 2.40. The Balaban J connectivity index is 0.00000277. The lowest BCUT2D eigenvalue weighted by Crippen LogP contribution is -2.37. The molecule has 1 aliphatic carbocycles. The van der Waals surface area contributed by atoms with Crippen molar-refractivity contribution in [2.24, 2.45) is 0 Å². The fraction of sp³-hybridized carbons (Fsp3) is 0.393. The monoisotopic (exact) mass is 528 g/mol. The molecule has 1 N–H and O–H groups in total. The fourth-order valence-electron chi connectivity index (χ4n) is 5.07. The first kappa shape index (κ1) is 25.1. The summed E-state index contributed by atoms with van der Waals surface area (Å²) < 4.78 is 15.7. The van der Waals surface area contributed by atoms with Crippen LogP contribution in [0.5, 0.6) is 5.75 Å². The summed E-state index contributed by atoms with van der Waals surface area (Å²) >= 11 is 0. The van der Waals surface area contributed by atoms with Gasteiger partial charge in [0.15, 0.2) is 11.6 Å². The molecular formula is C28H32N8O3. The summed E-state index contributed by atoms with van der Waals surface area (Å²) in [5, 5.41) is 11.4. The summed E-state index contributed by atoms with van der Waals surface area (Å²) in [6.45, 7) is 5.32. The number of ether oxygens (including phenoxy) is 2. The van der Waals surface area contributed by atoms with Crippen molar-refractivity contribution in [3.8, 4) is 22.8 Å². The Labute approximate surface area is 226 Å². The number of benzene rings is 1. The zero-order valence-electron chi connectivity index (χ0n) is 21.1. The highest BCUT2D eigenvalue weighted by Gasteiger charge is 2.28. The molecule has 0 radical (unpaired) electrons. The largest absolute Gasteiger partial charge is 0.488 e. The van der Waals surface area contributed by atoms with E-state index in [1.165, 1.54) is 12.8 Å². The number of hydrogen-bond acceptors (Lipinski definition) is 8. The molecule has 0 unspecified atom stereocenters. The summed E-state index contributed by atoms with van der Waals surface area (Å²) in [6, 6.07) is 7.52. The van der Waals surface area contributed by atoms with Crippen LogP contribution in [0.25, 0.3) is 17.1 Å². The van der Waals surface area contributed by atoms with Crippen molar-refractivity contribution in [3.63, 3.8) is 0 Å². The molecule has 5 heterocycles. The number of morpholine rings is 1. The minimum absolute atomic E-state index is 0. The number of aromatic nitrogens is 6. The molecule has 3 aromatic heterocycles. The lowest BCUT2D eigenvalue weighted by Gasteiger charge is -2.30. The first-order valence-electron chi connectivity index (χ1n) is 13.0. The summed E-state index contributed by atoms with van der Waals surface area (Å²) in [4.78, 5) is 25.0. The van der Waals surface area contributed by atoms with Gasteiger partial charge in [0.2, 0.25) is 0 Å². The van der Waals surface area contributed by atoms with Crippen molar-refractivity contribution >= 4 is 17.3 Å². The van der Waals surface area contributed by atoms with Crippen molar-refractivity contribution in [2.45, 2.75) is 39.2 Å². The Bertz CT molecular complexity index is 1500. The van der Waals surface area contributed by atoms with E-state index in [1.807, 2.05) is 46.7 Å². The van der Waals surface area contributed by atoms with Crippen molar-refractivity contribution < 1.29 is 14.3 Å². The predicted octanol–water partition coefficient (Wildman–Crippen LogP) is 4.08. The summed E-state index contributed by atoms with van der Waals surface area (Å²) in [7, 11) is 0. The van der Waals surface area contributed by atoms with E-state index < -0.39 is 0 Å². The van der Waals surface area contributed by atoms with Crippen molar-refractivity contribution in [3.05, 3.63) is 60.7 Å². The number of amides is 1. The Morgan fingerprint density at radius 1 is 1.10 bits per heavy atom. The van der Waals surface area contributed by atoms with Gasteiger partial charge in [-0.15, -0.1) is 10.2 Å². The number of hydrogen-bond donors (Lipinski definition) is 1. The smallest absolute Gasteiger partial charge is 0.274 e. The molecule has 1 saturated carbocycles. The van der Waals surface area contributed by atoms with Crippen LogP contribution in [0, 0.1) is 0 Å². The van der Waals surface area contributed by atoms with Crippen LogP contribution in [0.3, 0.4) is 0 Å². The molecule has 1 atom stereocenters. The van der Waals surface area contributed by atoms with Gasteiger partial charge in [-0.3, -0.25) is 4.79 Å². The molecule has 1 saturated heterocycles.